The SMILES string of the molecule is CCn1nc(C)c(Cl)c1CN(CCO)CCOC. The van der Waals surface area contributed by atoms with Gasteiger partial charge < -0.3 is 9.84 Å². The Kier molecular flexibility index (Phi) is 6.63. The second-order valence-electron chi connectivity index (χ2n) is 4.15. The number of aromatic nitrogens is 2. The predicted octanol–water partition coefficient (Wildman–Crippen LogP) is 1.31. The highest BCUT2D eigenvalue weighted by Crippen LogP contribution is 2.21. The van der Waals surface area contributed by atoms with Crippen molar-refractivity contribution in [1.29, 1.82) is 0 Å². The van der Waals surface area contributed by atoms with E-state index >= 15 is 0 Å². The third kappa shape index (κ3) is 3.95. The van der Waals surface area contributed by atoms with Gasteiger partial charge in [0, 0.05) is 33.3 Å². The van der Waals surface area contributed by atoms with Crippen molar-refractivity contribution in [2.45, 2.75) is 26.9 Å². The van der Waals surface area contributed by atoms with Gasteiger partial charge in [0.05, 0.1) is 29.6 Å². The third-order valence-electron chi connectivity index (χ3n) is 2.85. The van der Waals surface area contributed by atoms with Crippen LogP contribution in [-0.2, 0) is 17.8 Å². The molecule has 0 fully saturated rings. The van der Waals surface area contributed by atoms with Crippen LogP contribution < -0.4 is 0 Å². The molecule has 1 aromatic rings. The zero-order valence-electron chi connectivity index (χ0n) is 11.3. The van der Waals surface area contributed by atoms with Crippen molar-refractivity contribution in [3.05, 3.63) is 16.4 Å². The molecule has 0 bridgehead atoms. The van der Waals surface area contributed by atoms with Crippen LogP contribution >= 0.6 is 11.6 Å². The van der Waals surface area contributed by atoms with Crippen LogP contribution in [0.15, 0.2) is 0 Å². The maximum Gasteiger partial charge on any atom is 0.0860 e. The Morgan fingerprint density at radius 3 is 2.72 bits per heavy atom. The summed E-state index contributed by atoms with van der Waals surface area (Å²) >= 11 is 6.27. The van der Waals surface area contributed by atoms with Crippen LogP contribution in [-0.4, -0.2) is 53.2 Å². The van der Waals surface area contributed by atoms with Crippen LogP contribution in [0.5, 0.6) is 0 Å². The van der Waals surface area contributed by atoms with Crippen LogP contribution in [0.3, 0.4) is 0 Å². The minimum Gasteiger partial charge on any atom is -0.395 e. The van der Waals surface area contributed by atoms with E-state index < -0.39 is 0 Å². The van der Waals surface area contributed by atoms with E-state index in [2.05, 4.69) is 10.00 Å². The van der Waals surface area contributed by atoms with E-state index in [4.69, 9.17) is 21.4 Å². The quantitative estimate of drug-likeness (QED) is 0.777. The topological polar surface area (TPSA) is 50.5 Å². The van der Waals surface area contributed by atoms with Crippen molar-refractivity contribution in [2.75, 3.05) is 33.4 Å². The van der Waals surface area contributed by atoms with Gasteiger partial charge in [0.15, 0.2) is 0 Å². The zero-order chi connectivity index (χ0) is 13.5. The molecular formula is C12H22ClN3O2. The highest BCUT2D eigenvalue weighted by molar-refractivity contribution is 6.31. The summed E-state index contributed by atoms with van der Waals surface area (Å²) in [5, 5.41) is 14.2. The van der Waals surface area contributed by atoms with E-state index in [1.54, 1.807) is 7.11 Å². The third-order valence-corrected chi connectivity index (χ3v) is 3.35. The summed E-state index contributed by atoms with van der Waals surface area (Å²) in [6.07, 6.45) is 0. The first kappa shape index (κ1) is 15.4. The summed E-state index contributed by atoms with van der Waals surface area (Å²) in [5.41, 5.74) is 1.85. The number of aryl methyl sites for hydroxylation is 2. The highest BCUT2D eigenvalue weighted by atomic mass is 35.5. The summed E-state index contributed by atoms with van der Waals surface area (Å²) in [6.45, 7) is 7.55. The van der Waals surface area contributed by atoms with Gasteiger partial charge in [-0.3, -0.25) is 9.58 Å². The molecule has 0 aromatic carbocycles. The minimum absolute atomic E-state index is 0.126. The molecule has 0 radical (unpaired) electrons. The van der Waals surface area contributed by atoms with E-state index in [9.17, 15) is 0 Å². The summed E-state index contributed by atoms with van der Waals surface area (Å²) in [5.74, 6) is 0. The van der Waals surface area contributed by atoms with Gasteiger partial charge in [-0.15, -0.1) is 0 Å². The molecule has 0 spiro atoms. The lowest BCUT2D eigenvalue weighted by Gasteiger charge is -2.21. The molecular weight excluding hydrogens is 254 g/mol. The standard InChI is InChI=1S/C12H22ClN3O2/c1-4-16-11(12(13)10(2)14-16)9-15(5-7-17)6-8-18-3/h17H,4-9H2,1-3H3. The number of hydrogen-bond donors (Lipinski definition) is 1. The molecule has 0 amide bonds. The molecule has 18 heavy (non-hydrogen) atoms. The molecule has 0 aliphatic heterocycles. The predicted molar refractivity (Wildman–Crippen MR) is 71.9 cm³/mol. The number of methoxy groups -OCH3 is 1. The van der Waals surface area contributed by atoms with Crippen molar-refractivity contribution in [3.8, 4) is 0 Å². The van der Waals surface area contributed by atoms with Crippen LogP contribution in [0.1, 0.15) is 18.3 Å². The van der Waals surface area contributed by atoms with Crippen LogP contribution in [0.2, 0.25) is 5.02 Å². The minimum atomic E-state index is 0.126. The molecule has 0 unspecified atom stereocenters. The van der Waals surface area contributed by atoms with Crippen molar-refractivity contribution in [3.63, 3.8) is 0 Å². The Labute approximate surface area is 113 Å². The van der Waals surface area contributed by atoms with E-state index in [0.717, 1.165) is 29.5 Å². The van der Waals surface area contributed by atoms with E-state index in [1.807, 2.05) is 18.5 Å². The van der Waals surface area contributed by atoms with Gasteiger partial charge in [0.25, 0.3) is 0 Å². The maximum atomic E-state index is 9.08. The monoisotopic (exact) mass is 275 g/mol. The van der Waals surface area contributed by atoms with Gasteiger partial charge in [-0.2, -0.15) is 5.10 Å². The molecule has 1 N–H and O–H groups in total. The van der Waals surface area contributed by atoms with Crippen LogP contribution in [0.25, 0.3) is 0 Å². The summed E-state index contributed by atoms with van der Waals surface area (Å²) in [7, 11) is 1.67. The van der Waals surface area contributed by atoms with E-state index in [0.29, 0.717) is 19.7 Å². The first-order chi connectivity index (χ1) is 8.63. The molecule has 1 rings (SSSR count). The second-order valence-corrected chi connectivity index (χ2v) is 4.53. The Hall–Kier alpha value is -0.620. The molecule has 0 saturated carbocycles. The molecule has 104 valence electrons. The molecule has 1 heterocycles. The van der Waals surface area contributed by atoms with Gasteiger partial charge in [-0.1, -0.05) is 11.6 Å². The van der Waals surface area contributed by atoms with Gasteiger partial charge in [0.1, 0.15) is 0 Å². The lowest BCUT2D eigenvalue weighted by Crippen LogP contribution is -2.31. The normalized spacial score (nSPS) is 11.4. The molecule has 1 aromatic heterocycles. The number of halogens is 1. The Morgan fingerprint density at radius 1 is 1.44 bits per heavy atom. The number of aliphatic hydroxyl groups is 1. The number of nitrogens with zero attached hydrogens (tertiary/aromatic N) is 3. The lowest BCUT2D eigenvalue weighted by molar-refractivity contribution is 0.125. The van der Waals surface area contributed by atoms with Gasteiger partial charge in [-0.25, -0.2) is 0 Å². The molecule has 0 atom stereocenters. The average Bonchev–Trinajstić information content (AvgIpc) is 2.63. The van der Waals surface area contributed by atoms with Gasteiger partial charge in [0.2, 0.25) is 0 Å². The van der Waals surface area contributed by atoms with Crippen molar-refractivity contribution in [1.82, 2.24) is 14.7 Å². The first-order valence-electron chi connectivity index (χ1n) is 6.17. The fourth-order valence-corrected chi connectivity index (χ4v) is 2.06. The van der Waals surface area contributed by atoms with Crippen molar-refractivity contribution in [2.24, 2.45) is 0 Å². The van der Waals surface area contributed by atoms with Crippen LogP contribution in [0, 0.1) is 6.92 Å². The molecule has 5 nitrogen and oxygen atoms in total. The average molecular weight is 276 g/mol. The molecule has 6 heteroatoms. The number of rotatable bonds is 8. The molecule has 0 saturated heterocycles. The lowest BCUT2D eigenvalue weighted by atomic mass is 10.3. The zero-order valence-corrected chi connectivity index (χ0v) is 12.1. The fourth-order valence-electron chi connectivity index (χ4n) is 1.86. The fraction of sp³-hybridized carbons (Fsp3) is 0.750. The van der Waals surface area contributed by atoms with Crippen molar-refractivity contribution < 1.29 is 9.84 Å². The Balaban J connectivity index is 2.78. The van der Waals surface area contributed by atoms with E-state index in [1.165, 1.54) is 0 Å². The number of aliphatic hydroxyl groups excluding tert-OH is 1. The van der Waals surface area contributed by atoms with Gasteiger partial charge >= 0.3 is 0 Å². The molecule has 0 aliphatic carbocycles. The van der Waals surface area contributed by atoms with Crippen molar-refractivity contribution >= 4 is 11.6 Å². The van der Waals surface area contributed by atoms with Crippen LogP contribution in [0.4, 0.5) is 0 Å². The summed E-state index contributed by atoms with van der Waals surface area (Å²) in [4.78, 5) is 2.11. The highest BCUT2D eigenvalue weighted by Gasteiger charge is 2.15. The largest absolute Gasteiger partial charge is 0.395 e. The Bertz CT molecular complexity index is 368. The maximum absolute atomic E-state index is 9.08. The first-order valence-corrected chi connectivity index (χ1v) is 6.55. The summed E-state index contributed by atoms with van der Waals surface area (Å²) in [6, 6.07) is 0. The smallest absolute Gasteiger partial charge is 0.0860 e. The number of hydrogen-bond acceptors (Lipinski definition) is 4. The van der Waals surface area contributed by atoms with Gasteiger partial charge in [-0.05, 0) is 13.8 Å². The molecule has 0 aliphatic rings. The summed E-state index contributed by atoms with van der Waals surface area (Å²) < 4.78 is 6.98. The Morgan fingerprint density at radius 2 is 2.17 bits per heavy atom. The second kappa shape index (κ2) is 7.74. The number of ether oxygens (including phenoxy) is 1. The van der Waals surface area contributed by atoms with E-state index in [-0.39, 0.29) is 6.61 Å².